The minimum absolute atomic E-state index is 0.0195. The van der Waals surface area contributed by atoms with Crippen LogP contribution in [0.1, 0.15) is 49.8 Å². The highest BCUT2D eigenvalue weighted by molar-refractivity contribution is 5.95. The molecule has 0 fully saturated rings. The lowest BCUT2D eigenvalue weighted by atomic mass is 9.95. The van der Waals surface area contributed by atoms with Crippen LogP contribution in [0.15, 0.2) is 24.3 Å². The highest BCUT2D eigenvalue weighted by Crippen LogP contribution is 2.28. The Kier molecular flexibility index (Phi) is 6.62. The molecular weight excluding hydrogens is 392 g/mol. The fraction of sp³-hybridized carbons (Fsp3) is 0.500. The molecule has 0 saturated carbocycles. The van der Waals surface area contributed by atoms with Crippen LogP contribution in [0.25, 0.3) is 0 Å². The number of hydrogen-bond donors (Lipinski definition) is 0. The van der Waals surface area contributed by atoms with E-state index in [9.17, 15) is 9.59 Å². The van der Waals surface area contributed by atoms with Crippen molar-refractivity contribution in [3.63, 3.8) is 0 Å². The van der Waals surface area contributed by atoms with Gasteiger partial charge in [0, 0.05) is 30.1 Å². The first-order valence-corrected chi connectivity index (χ1v) is 10.7. The molecule has 0 radical (unpaired) electrons. The molecule has 166 valence electrons. The number of carbonyl (C=O) groups is 2. The van der Waals surface area contributed by atoms with E-state index in [4.69, 9.17) is 9.72 Å². The van der Waals surface area contributed by atoms with E-state index in [2.05, 4.69) is 4.98 Å². The molecule has 7 heteroatoms. The van der Waals surface area contributed by atoms with Crippen LogP contribution in [0, 0.1) is 19.3 Å². The maximum Gasteiger partial charge on any atom is 0.228 e. The Hall–Kier alpha value is -2.96. The van der Waals surface area contributed by atoms with Gasteiger partial charge in [0.25, 0.3) is 0 Å². The zero-order valence-electron chi connectivity index (χ0n) is 19.4. The van der Waals surface area contributed by atoms with Crippen LogP contribution in [0.2, 0.25) is 0 Å². The van der Waals surface area contributed by atoms with Crippen molar-refractivity contribution in [2.75, 3.05) is 25.1 Å². The maximum atomic E-state index is 12.7. The SMILES string of the molecule is Cc1ccccc1OCCN1C(=O)CCc2c(C)nc(CN(C)C(=O)C(C)(C)C)nc21. The number of ether oxygens (including phenoxy) is 1. The summed E-state index contributed by atoms with van der Waals surface area (Å²) in [6.07, 6.45) is 1.06. The molecule has 0 N–H and O–H groups in total. The Morgan fingerprint density at radius 3 is 2.55 bits per heavy atom. The Labute approximate surface area is 184 Å². The quantitative estimate of drug-likeness (QED) is 0.710. The molecule has 3 rings (SSSR count). The van der Waals surface area contributed by atoms with Gasteiger partial charge in [-0.1, -0.05) is 39.0 Å². The molecule has 0 bridgehead atoms. The van der Waals surface area contributed by atoms with Crippen molar-refractivity contribution in [2.24, 2.45) is 5.41 Å². The predicted octanol–water partition coefficient (Wildman–Crippen LogP) is 3.46. The second-order valence-electron chi connectivity index (χ2n) is 9.10. The second kappa shape index (κ2) is 9.04. The summed E-state index contributed by atoms with van der Waals surface area (Å²) in [6.45, 7) is 10.7. The van der Waals surface area contributed by atoms with E-state index >= 15 is 0 Å². The summed E-state index contributed by atoms with van der Waals surface area (Å²) in [6, 6.07) is 7.82. The number of rotatable bonds is 6. The minimum Gasteiger partial charge on any atom is -0.491 e. The van der Waals surface area contributed by atoms with Gasteiger partial charge in [0.2, 0.25) is 11.8 Å². The Bertz CT molecular complexity index is 981. The number of benzene rings is 1. The first-order valence-electron chi connectivity index (χ1n) is 10.7. The molecule has 1 aliphatic heterocycles. The third-order valence-corrected chi connectivity index (χ3v) is 5.42. The Balaban J connectivity index is 1.79. The molecule has 2 heterocycles. The van der Waals surface area contributed by atoms with Crippen molar-refractivity contribution in [3.05, 3.63) is 46.9 Å². The molecular formula is C24H32N4O3. The zero-order valence-corrected chi connectivity index (χ0v) is 19.4. The van der Waals surface area contributed by atoms with Crippen LogP contribution >= 0.6 is 0 Å². The number of aromatic nitrogens is 2. The largest absolute Gasteiger partial charge is 0.491 e. The van der Waals surface area contributed by atoms with Gasteiger partial charge in [-0.15, -0.1) is 0 Å². The molecule has 31 heavy (non-hydrogen) atoms. The van der Waals surface area contributed by atoms with Crippen LogP contribution in [0.5, 0.6) is 5.75 Å². The number of carbonyl (C=O) groups excluding carboxylic acids is 2. The van der Waals surface area contributed by atoms with E-state index in [1.165, 1.54) is 0 Å². The summed E-state index contributed by atoms with van der Waals surface area (Å²) in [7, 11) is 1.75. The van der Waals surface area contributed by atoms with Gasteiger partial charge in [-0.25, -0.2) is 9.97 Å². The Morgan fingerprint density at radius 1 is 1.16 bits per heavy atom. The van der Waals surface area contributed by atoms with Crippen LogP contribution in [0.3, 0.4) is 0 Å². The van der Waals surface area contributed by atoms with E-state index in [-0.39, 0.29) is 11.8 Å². The van der Waals surface area contributed by atoms with Crippen molar-refractivity contribution < 1.29 is 14.3 Å². The molecule has 0 atom stereocenters. The minimum atomic E-state index is -0.479. The summed E-state index contributed by atoms with van der Waals surface area (Å²) >= 11 is 0. The number of aryl methyl sites for hydroxylation is 2. The normalized spacial score (nSPS) is 13.7. The van der Waals surface area contributed by atoms with Crippen molar-refractivity contribution in [1.82, 2.24) is 14.9 Å². The average molecular weight is 425 g/mol. The van der Waals surface area contributed by atoms with Gasteiger partial charge in [0.1, 0.15) is 24.0 Å². The van der Waals surface area contributed by atoms with Gasteiger partial charge in [-0.05, 0) is 31.9 Å². The van der Waals surface area contributed by atoms with Crippen molar-refractivity contribution in [3.8, 4) is 5.75 Å². The lowest BCUT2D eigenvalue weighted by molar-refractivity contribution is -0.138. The van der Waals surface area contributed by atoms with E-state index in [1.54, 1.807) is 16.8 Å². The summed E-state index contributed by atoms with van der Waals surface area (Å²) in [4.78, 5) is 37.9. The highest BCUT2D eigenvalue weighted by atomic mass is 16.5. The zero-order chi connectivity index (χ0) is 22.8. The number of nitrogens with zero attached hydrogens (tertiary/aromatic N) is 4. The molecule has 1 aromatic carbocycles. The lowest BCUT2D eigenvalue weighted by Crippen LogP contribution is -2.40. The molecule has 1 aromatic heterocycles. The summed E-state index contributed by atoms with van der Waals surface area (Å²) in [5, 5.41) is 0. The van der Waals surface area contributed by atoms with Crippen LogP contribution in [-0.2, 0) is 22.6 Å². The van der Waals surface area contributed by atoms with E-state index in [1.807, 2.05) is 58.9 Å². The standard InChI is InChI=1S/C24H32N4O3/c1-16-9-7-8-10-19(16)31-14-13-28-21(29)12-11-18-17(2)25-20(26-22(18)28)15-27(6)23(30)24(3,4)5/h7-10H,11-15H2,1-6H3. The number of para-hydroxylation sites is 1. The molecule has 0 spiro atoms. The first-order chi connectivity index (χ1) is 14.6. The second-order valence-corrected chi connectivity index (χ2v) is 9.10. The topological polar surface area (TPSA) is 75.6 Å². The monoisotopic (exact) mass is 424 g/mol. The third-order valence-electron chi connectivity index (χ3n) is 5.42. The van der Waals surface area contributed by atoms with E-state index < -0.39 is 5.41 Å². The molecule has 0 saturated heterocycles. The number of fused-ring (bicyclic) bond motifs is 1. The Morgan fingerprint density at radius 2 is 1.87 bits per heavy atom. The molecule has 0 aliphatic carbocycles. The molecule has 0 unspecified atom stereocenters. The smallest absolute Gasteiger partial charge is 0.228 e. The summed E-state index contributed by atoms with van der Waals surface area (Å²) in [5.74, 6) is 2.05. The maximum absolute atomic E-state index is 12.7. The highest BCUT2D eigenvalue weighted by Gasteiger charge is 2.29. The van der Waals surface area contributed by atoms with Gasteiger partial charge < -0.3 is 9.64 Å². The number of anilines is 1. The van der Waals surface area contributed by atoms with E-state index in [0.717, 1.165) is 22.6 Å². The van der Waals surface area contributed by atoms with Gasteiger partial charge >= 0.3 is 0 Å². The fourth-order valence-corrected chi connectivity index (χ4v) is 3.76. The first kappa shape index (κ1) is 22.7. The van der Waals surface area contributed by atoms with Crippen LogP contribution in [-0.4, -0.2) is 46.9 Å². The van der Waals surface area contributed by atoms with Crippen LogP contribution < -0.4 is 9.64 Å². The summed E-state index contributed by atoms with van der Waals surface area (Å²) in [5.41, 5.74) is 2.42. The fourth-order valence-electron chi connectivity index (χ4n) is 3.76. The average Bonchev–Trinajstić information content (AvgIpc) is 2.69. The van der Waals surface area contributed by atoms with Crippen molar-refractivity contribution >= 4 is 17.6 Å². The number of hydrogen-bond acceptors (Lipinski definition) is 5. The van der Waals surface area contributed by atoms with Gasteiger partial charge in [0.05, 0.1) is 13.1 Å². The molecule has 7 nitrogen and oxygen atoms in total. The van der Waals surface area contributed by atoms with Crippen molar-refractivity contribution in [2.45, 2.75) is 54.0 Å². The van der Waals surface area contributed by atoms with Gasteiger partial charge in [-0.3, -0.25) is 14.5 Å². The van der Waals surface area contributed by atoms with E-state index in [0.29, 0.717) is 44.2 Å². The summed E-state index contributed by atoms with van der Waals surface area (Å²) < 4.78 is 5.91. The van der Waals surface area contributed by atoms with Crippen molar-refractivity contribution in [1.29, 1.82) is 0 Å². The van der Waals surface area contributed by atoms with Crippen LogP contribution in [0.4, 0.5) is 5.82 Å². The van der Waals surface area contributed by atoms with Gasteiger partial charge in [0.15, 0.2) is 0 Å². The predicted molar refractivity (Wildman–Crippen MR) is 120 cm³/mol. The lowest BCUT2D eigenvalue weighted by Gasteiger charge is -2.30. The molecule has 2 amide bonds. The molecule has 2 aromatic rings. The molecule has 1 aliphatic rings. The third kappa shape index (κ3) is 5.21. The number of amides is 2. The van der Waals surface area contributed by atoms with Gasteiger partial charge in [-0.2, -0.15) is 0 Å².